The van der Waals surface area contributed by atoms with E-state index < -0.39 is 0 Å². The molecule has 27 heavy (non-hydrogen) atoms. The normalized spacial score (nSPS) is 18.0. The summed E-state index contributed by atoms with van der Waals surface area (Å²) < 4.78 is 6.01. The van der Waals surface area contributed by atoms with Crippen LogP contribution in [0.5, 0.6) is 5.75 Å². The smallest absolute Gasteiger partial charge is 0.191 e. The molecule has 1 aliphatic rings. The number of nitrogens with one attached hydrogen (secondary N) is 2. The third kappa shape index (κ3) is 8.18. The minimum Gasteiger partial charge on any atom is -0.489 e. The SMILES string of the molecule is CN=C(NCCCN1CCCN(C)CC1)NCC(C)Oc1ccccc1C. The molecule has 1 saturated heterocycles. The first-order chi connectivity index (χ1) is 13.1. The lowest BCUT2D eigenvalue weighted by Gasteiger charge is -2.21. The van der Waals surface area contributed by atoms with Gasteiger partial charge in [-0.1, -0.05) is 18.2 Å². The molecule has 1 unspecified atom stereocenters. The molecular formula is C21H37N5O. The van der Waals surface area contributed by atoms with Crippen molar-refractivity contribution in [1.82, 2.24) is 20.4 Å². The van der Waals surface area contributed by atoms with Gasteiger partial charge in [0, 0.05) is 26.7 Å². The van der Waals surface area contributed by atoms with E-state index in [0.717, 1.165) is 36.8 Å². The second-order valence-electron chi connectivity index (χ2n) is 7.43. The Bertz CT molecular complexity index is 577. The van der Waals surface area contributed by atoms with E-state index in [-0.39, 0.29) is 6.10 Å². The van der Waals surface area contributed by atoms with Gasteiger partial charge in [-0.05, 0) is 65.0 Å². The van der Waals surface area contributed by atoms with Crippen LogP contribution in [-0.2, 0) is 0 Å². The number of para-hydroxylation sites is 1. The first kappa shape index (κ1) is 21.5. The fraction of sp³-hybridized carbons (Fsp3) is 0.667. The van der Waals surface area contributed by atoms with E-state index in [1.54, 1.807) is 0 Å². The third-order valence-corrected chi connectivity index (χ3v) is 4.96. The molecule has 2 rings (SSSR count). The molecule has 0 radical (unpaired) electrons. The zero-order valence-corrected chi connectivity index (χ0v) is 17.5. The first-order valence-corrected chi connectivity index (χ1v) is 10.2. The summed E-state index contributed by atoms with van der Waals surface area (Å²) in [6, 6.07) is 8.11. The number of likely N-dealkylation sites (N-methyl/N-ethyl adjacent to an activating group) is 1. The molecule has 1 atom stereocenters. The Labute approximate surface area is 165 Å². The Morgan fingerprint density at radius 2 is 2.00 bits per heavy atom. The van der Waals surface area contributed by atoms with Crippen LogP contribution in [0.4, 0.5) is 0 Å². The monoisotopic (exact) mass is 375 g/mol. The van der Waals surface area contributed by atoms with E-state index in [1.807, 2.05) is 25.2 Å². The quantitative estimate of drug-likeness (QED) is 0.413. The molecule has 0 aliphatic carbocycles. The van der Waals surface area contributed by atoms with Gasteiger partial charge in [0.15, 0.2) is 5.96 Å². The molecule has 2 N–H and O–H groups in total. The van der Waals surface area contributed by atoms with Gasteiger partial charge in [0.2, 0.25) is 0 Å². The Morgan fingerprint density at radius 1 is 1.19 bits per heavy atom. The summed E-state index contributed by atoms with van der Waals surface area (Å²) in [5.41, 5.74) is 1.16. The predicted octanol–water partition coefficient (Wildman–Crippen LogP) is 1.95. The van der Waals surface area contributed by atoms with Gasteiger partial charge in [0.05, 0.1) is 6.54 Å². The molecule has 1 aliphatic heterocycles. The van der Waals surface area contributed by atoms with Crippen molar-refractivity contribution < 1.29 is 4.74 Å². The summed E-state index contributed by atoms with van der Waals surface area (Å²) in [7, 11) is 4.03. The summed E-state index contributed by atoms with van der Waals surface area (Å²) in [6.45, 7) is 11.7. The van der Waals surface area contributed by atoms with Crippen molar-refractivity contribution in [2.45, 2.75) is 32.8 Å². The molecule has 6 nitrogen and oxygen atoms in total. The van der Waals surface area contributed by atoms with Gasteiger partial charge in [0.1, 0.15) is 11.9 Å². The van der Waals surface area contributed by atoms with E-state index in [9.17, 15) is 0 Å². The van der Waals surface area contributed by atoms with Gasteiger partial charge in [-0.15, -0.1) is 0 Å². The number of aliphatic imine (C=N–C) groups is 1. The fourth-order valence-electron chi connectivity index (χ4n) is 3.24. The summed E-state index contributed by atoms with van der Waals surface area (Å²) in [5.74, 6) is 1.78. The van der Waals surface area contributed by atoms with Gasteiger partial charge < -0.3 is 25.2 Å². The second-order valence-corrected chi connectivity index (χ2v) is 7.43. The van der Waals surface area contributed by atoms with Gasteiger partial charge in [-0.3, -0.25) is 4.99 Å². The first-order valence-electron chi connectivity index (χ1n) is 10.2. The van der Waals surface area contributed by atoms with Gasteiger partial charge in [-0.25, -0.2) is 0 Å². The molecule has 1 fully saturated rings. The third-order valence-electron chi connectivity index (χ3n) is 4.96. The van der Waals surface area contributed by atoms with Crippen molar-refractivity contribution in [3.63, 3.8) is 0 Å². The number of hydrogen-bond donors (Lipinski definition) is 2. The maximum absolute atomic E-state index is 6.01. The van der Waals surface area contributed by atoms with Crippen molar-refractivity contribution >= 4 is 5.96 Å². The number of hydrogen-bond acceptors (Lipinski definition) is 4. The highest BCUT2D eigenvalue weighted by Gasteiger charge is 2.11. The Balaban J connectivity index is 1.62. The molecule has 0 bridgehead atoms. The molecule has 0 amide bonds. The van der Waals surface area contributed by atoms with E-state index in [2.05, 4.69) is 52.4 Å². The summed E-state index contributed by atoms with van der Waals surface area (Å²) in [6.07, 6.45) is 2.46. The molecule has 152 valence electrons. The Morgan fingerprint density at radius 3 is 2.78 bits per heavy atom. The molecule has 1 heterocycles. The Kier molecular flexibility index (Phi) is 9.42. The molecule has 0 spiro atoms. The highest BCUT2D eigenvalue weighted by atomic mass is 16.5. The number of ether oxygens (including phenoxy) is 1. The van der Waals surface area contributed by atoms with Crippen LogP contribution in [0.3, 0.4) is 0 Å². The molecule has 1 aromatic carbocycles. The Hall–Kier alpha value is -1.79. The lowest BCUT2D eigenvalue weighted by molar-refractivity contribution is 0.222. The van der Waals surface area contributed by atoms with E-state index >= 15 is 0 Å². The lowest BCUT2D eigenvalue weighted by atomic mass is 10.2. The van der Waals surface area contributed by atoms with Crippen molar-refractivity contribution in [2.24, 2.45) is 4.99 Å². The van der Waals surface area contributed by atoms with Crippen LogP contribution in [-0.4, -0.2) is 81.8 Å². The number of benzene rings is 1. The molecular weight excluding hydrogens is 338 g/mol. The summed E-state index contributed by atoms with van der Waals surface area (Å²) >= 11 is 0. The summed E-state index contributed by atoms with van der Waals surface area (Å²) in [5, 5.41) is 6.77. The van der Waals surface area contributed by atoms with Crippen LogP contribution in [0.2, 0.25) is 0 Å². The maximum Gasteiger partial charge on any atom is 0.191 e. The molecule has 0 aromatic heterocycles. The number of aryl methyl sites for hydroxylation is 1. The summed E-state index contributed by atoms with van der Waals surface area (Å²) in [4.78, 5) is 9.30. The van der Waals surface area contributed by atoms with Crippen molar-refractivity contribution in [1.29, 1.82) is 0 Å². The minimum atomic E-state index is 0.0683. The van der Waals surface area contributed by atoms with Crippen LogP contribution in [0.15, 0.2) is 29.3 Å². The van der Waals surface area contributed by atoms with E-state index in [4.69, 9.17) is 4.74 Å². The van der Waals surface area contributed by atoms with Gasteiger partial charge in [0.25, 0.3) is 0 Å². The van der Waals surface area contributed by atoms with E-state index in [0.29, 0.717) is 6.54 Å². The number of rotatable bonds is 8. The average molecular weight is 376 g/mol. The second kappa shape index (κ2) is 11.8. The minimum absolute atomic E-state index is 0.0683. The fourth-order valence-corrected chi connectivity index (χ4v) is 3.24. The van der Waals surface area contributed by atoms with Crippen LogP contribution in [0.25, 0.3) is 0 Å². The highest BCUT2D eigenvalue weighted by molar-refractivity contribution is 5.79. The zero-order valence-electron chi connectivity index (χ0n) is 17.5. The number of guanidine groups is 1. The molecule has 0 saturated carbocycles. The van der Waals surface area contributed by atoms with Gasteiger partial charge >= 0.3 is 0 Å². The highest BCUT2D eigenvalue weighted by Crippen LogP contribution is 2.17. The van der Waals surface area contributed by atoms with Crippen molar-refractivity contribution in [3.05, 3.63) is 29.8 Å². The van der Waals surface area contributed by atoms with Crippen molar-refractivity contribution in [2.75, 3.05) is 59.9 Å². The zero-order chi connectivity index (χ0) is 19.5. The van der Waals surface area contributed by atoms with E-state index in [1.165, 1.54) is 32.6 Å². The van der Waals surface area contributed by atoms with Crippen molar-refractivity contribution in [3.8, 4) is 5.75 Å². The maximum atomic E-state index is 6.01. The van der Waals surface area contributed by atoms with Crippen LogP contribution < -0.4 is 15.4 Å². The van der Waals surface area contributed by atoms with Crippen LogP contribution >= 0.6 is 0 Å². The number of nitrogens with zero attached hydrogens (tertiary/aromatic N) is 3. The van der Waals surface area contributed by atoms with Crippen LogP contribution in [0.1, 0.15) is 25.3 Å². The lowest BCUT2D eigenvalue weighted by Crippen LogP contribution is -2.42. The van der Waals surface area contributed by atoms with Crippen LogP contribution in [0, 0.1) is 6.92 Å². The standard InChI is InChI=1S/C21H37N5O/c1-18-9-5-6-10-20(18)27-19(2)17-24-21(22-3)23-11-7-13-26-14-8-12-25(4)15-16-26/h5-6,9-10,19H,7-8,11-17H2,1-4H3,(H2,22,23,24). The average Bonchev–Trinajstić information content (AvgIpc) is 2.87. The molecule has 6 heteroatoms. The topological polar surface area (TPSA) is 52.1 Å². The largest absolute Gasteiger partial charge is 0.489 e. The molecule has 1 aromatic rings. The predicted molar refractivity (Wildman–Crippen MR) is 114 cm³/mol. The van der Waals surface area contributed by atoms with Gasteiger partial charge in [-0.2, -0.15) is 0 Å².